The molecule has 1 unspecified atom stereocenters. The zero-order chi connectivity index (χ0) is 12.3. The minimum absolute atomic E-state index is 0.482. The fourth-order valence-corrected chi connectivity index (χ4v) is 3.06. The SMILES string of the molecule is Cc1ccccc1CC(C)(O)C1CCCCC1. The van der Waals surface area contributed by atoms with Crippen molar-refractivity contribution in [1.29, 1.82) is 0 Å². The lowest BCUT2D eigenvalue weighted by atomic mass is 9.75. The van der Waals surface area contributed by atoms with Crippen LogP contribution < -0.4 is 0 Å². The fraction of sp³-hybridized carbons (Fsp3) is 0.625. The van der Waals surface area contributed by atoms with E-state index in [0.29, 0.717) is 5.92 Å². The average Bonchev–Trinajstić information content (AvgIpc) is 2.33. The smallest absolute Gasteiger partial charge is 0.0688 e. The Hall–Kier alpha value is -0.820. The van der Waals surface area contributed by atoms with Gasteiger partial charge in [-0.05, 0) is 43.7 Å². The average molecular weight is 232 g/mol. The van der Waals surface area contributed by atoms with E-state index < -0.39 is 5.60 Å². The summed E-state index contributed by atoms with van der Waals surface area (Å²) < 4.78 is 0. The second-order valence-corrected chi connectivity index (χ2v) is 5.80. The van der Waals surface area contributed by atoms with Gasteiger partial charge in [-0.25, -0.2) is 0 Å². The van der Waals surface area contributed by atoms with Crippen molar-refractivity contribution in [2.75, 3.05) is 0 Å². The largest absolute Gasteiger partial charge is 0.390 e. The predicted molar refractivity (Wildman–Crippen MR) is 72.1 cm³/mol. The van der Waals surface area contributed by atoms with Gasteiger partial charge >= 0.3 is 0 Å². The highest BCUT2D eigenvalue weighted by Gasteiger charge is 2.32. The molecule has 1 aromatic rings. The summed E-state index contributed by atoms with van der Waals surface area (Å²) in [4.78, 5) is 0. The molecule has 1 N–H and O–H groups in total. The second-order valence-electron chi connectivity index (χ2n) is 5.80. The maximum absolute atomic E-state index is 10.7. The van der Waals surface area contributed by atoms with E-state index in [1.807, 2.05) is 6.92 Å². The van der Waals surface area contributed by atoms with Crippen LogP contribution in [0.15, 0.2) is 24.3 Å². The topological polar surface area (TPSA) is 20.2 Å². The molecule has 1 aliphatic rings. The lowest BCUT2D eigenvalue weighted by Crippen LogP contribution is -2.38. The molecule has 1 atom stereocenters. The van der Waals surface area contributed by atoms with E-state index in [0.717, 1.165) is 6.42 Å². The van der Waals surface area contributed by atoms with E-state index in [1.165, 1.54) is 43.2 Å². The fourth-order valence-electron chi connectivity index (χ4n) is 3.06. The van der Waals surface area contributed by atoms with Gasteiger partial charge in [0, 0.05) is 6.42 Å². The lowest BCUT2D eigenvalue weighted by molar-refractivity contribution is -0.0160. The third-order valence-electron chi connectivity index (χ3n) is 4.29. The van der Waals surface area contributed by atoms with Crippen LogP contribution in [0.2, 0.25) is 0 Å². The Balaban J connectivity index is 2.08. The molecule has 1 aliphatic carbocycles. The number of benzene rings is 1. The maximum Gasteiger partial charge on any atom is 0.0688 e. The monoisotopic (exact) mass is 232 g/mol. The molecule has 0 aliphatic heterocycles. The summed E-state index contributed by atoms with van der Waals surface area (Å²) in [6, 6.07) is 8.41. The van der Waals surface area contributed by atoms with E-state index in [1.54, 1.807) is 0 Å². The van der Waals surface area contributed by atoms with E-state index in [2.05, 4.69) is 31.2 Å². The van der Waals surface area contributed by atoms with E-state index in [4.69, 9.17) is 0 Å². The van der Waals surface area contributed by atoms with Gasteiger partial charge in [0.15, 0.2) is 0 Å². The molecule has 0 bridgehead atoms. The highest BCUT2D eigenvalue weighted by molar-refractivity contribution is 5.27. The molecule has 1 fully saturated rings. The van der Waals surface area contributed by atoms with E-state index in [9.17, 15) is 5.11 Å². The predicted octanol–water partition coefficient (Wildman–Crippen LogP) is 3.87. The molecule has 0 radical (unpaired) electrons. The second kappa shape index (κ2) is 5.22. The minimum atomic E-state index is -0.535. The Morgan fingerprint density at radius 2 is 1.82 bits per heavy atom. The standard InChI is InChI=1S/C16H24O/c1-13-8-6-7-9-14(13)12-16(2,17)15-10-4-3-5-11-15/h6-9,15,17H,3-5,10-12H2,1-2H3. The molecule has 17 heavy (non-hydrogen) atoms. The Kier molecular flexibility index (Phi) is 3.88. The lowest BCUT2D eigenvalue weighted by Gasteiger charge is -2.36. The normalized spacial score (nSPS) is 21.1. The Morgan fingerprint density at radius 1 is 1.18 bits per heavy atom. The molecular formula is C16H24O. The first-order chi connectivity index (χ1) is 8.09. The molecule has 0 aromatic heterocycles. The van der Waals surface area contributed by atoms with Crippen LogP contribution in [0.5, 0.6) is 0 Å². The summed E-state index contributed by atoms with van der Waals surface area (Å²) in [5.41, 5.74) is 2.05. The third kappa shape index (κ3) is 3.10. The first kappa shape index (κ1) is 12.6. The number of aryl methyl sites for hydroxylation is 1. The Morgan fingerprint density at radius 3 is 2.47 bits per heavy atom. The van der Waals surface area contributed by atoms with Crippen LogP contribution in [-0.4, -0.2) is 10.7 Å². The van der Waals surface area contributed by atoms with Crippen molar-refractivity contribution in [3.8, 4) is 0 Å². The highest BCUT2D eigenvalue weighted by atomic mass is 16.3. The van der Waals surface area contributed by atoms with Crippen molar-refractivity contribution in [2.24, 2.45) is 5.92 Å². The van der Waals surface area contributed by atoms with Gasteiger partial charge in [-0.3, -0.25) is 0 Å². The van der Waals surface area contributed by atoms with Crippen molar-refractivity contribution >= 4 is 0 Å². The number of hydrogen-bond acceptors (Lipinski definition) is 1. The van der Waals surface area contributed by atoms with Crippen LogP contribution in [0.1, 0.15) is 50.2 Å². The van der Waals surface area contributed by atoms with Crippen LogP contribution in [0, 0.1) is 12.8 Å². The number of rotatable bonds is 3. The molecule has 1 nitrogen and oxygen atoms in total. The number of hydrogen-bond donors (Lipinski definition) is 1. The third-order valence-corrected chi connectivity index (χ3v) is 4.29. The molecule has 0 amide bonds. The maximum atomic E-state index is 10.7. The molecule has 0 spiro atoms. The van der Waals surface area contributed by atoms with Crippen LogP contribution in [0.4, 0.5) is 0 Å². The van der Waals surface area contributed by atoms with Gasteiger partial charge < -0.3 is 5.11 Å². The molecule has 0 saturated heterocycles. The molecule has 1 saturated carbocycles. The summed E-state index contributed by atoms with van der Waals surface area (Å²) in [7, 11) is 0. The van der Waals surface area contributed by atoms with Gasteiger partial charge in [0.2, 0.25) is 0 Å². The van der Waals surface area contributed by atoms with Crippen molar-refractivity contribution in [3.05, 3.63) is 35.4 Å². The summed E-state index contributed by atoms with van der Waals surface area (Å²) >= 11 is 0. The molecule has 1 aromatic carbocycles. The minimum Gasteiger partial charge on any atom is -0.390 e. The van der Waals surface area contributed by atoms with Crippen molar-refractivity contribution in [1.82, 2.24) is 0 Å². The molecule has 0 heterocycles. The summed E-state index contributed by atoms with van der Waals surface area (Å²) in [6.45, 7) is 4.15. The molecular weight excluding hydrogens is 208 g/mol. The van der Waals surface area contributed by atoms with Gasteiger partial charge in [-0.15, -0.1) is 0 Å². The molecule has 2 rings (SSSR count). The van der Waals surface area contributed by atoms with E-state index >= 15 is 0 Å². The number of aliphatic hydroxyl groups is 1. The first-order valence-corrected chi connectivity index (χ1v) is 6.86. The molecule has 1 heteroatoms. The van der Waals surface area contributed by atoms with Gasteiger partial charge in [0.05, 0.1) is 5.60 Å². The Bertz CT molecular complexity index is 362. The summed E-state index contributed by atoms with van der Waals surface area (Å²) in [6.07, 6.45) is 7.10. The quantitative estimate of drug-likeness (QED) is 0.838. The van der Waals surface area contributed by atoms with Crippen LogP contribution in [0.25, 0.3) is 0 Å². The van der Waals surface area contributed by atoms with Gasteiger partial charge in [0.1, 0.15) is 0 Å². The zero-order valence-electron chi connectivity index (χ0n) is 11.1. The first-order valence-electron chi connectivity index (χ1n) is 6.86. The van der Waals surface area contributed by atoms with Crippen LogP contribution >= 0.6 is 0 Å². The molecule has 94 valence electrons. The van der Waals surface area contributed by atoms with Gasteiger partial charge in [-0.1, -0.05) is 43.5 Å². The van der Waals surface area contributed by atoms with Crippen molar-refractivity contribution in [2.45, 2.75) is 58.0 Å². The van der Waals surface area contributed by atoms with Gasteiger partial charge in [-0.2, -0.15) is 0 Å². The van der Waals surface area contributed by atoms with Crippen molar-refractivity contribution in [3.63, 3.8) is 0 Å². The summed E-state index contributed by atoms with van der Waals surface area (Å²) in [5.74, 6) is 0.482. The van der Waals surface area contributed by atoms with Crippen LogP contribution in [0.3, 0.4) is 0 Å². The van der Waals surface area contributed by atoms with Crippen LogP contribution in [-0.2, 0) is 6.42 Å². The summed E-state index contributed by atoms with van der Waals surface area (Å²) in [5, 5.41) is 10.7. The Labute approximate surface area is 105 Å². The van der Waals surface area contributed by atoms with Gasteiger partial charge in [0.25, 0.3) is 0 Å². The van der Waals surface area contributed by atoms with E-state index in [-0.39, 0.29) is 0 Å². The zero-order valence-corrected chi connectivity index (χ0v) is 11.1. The van der Waals surface area contributed by atoms with Crippen molar-refractivity contribution < 1.29 is 5.11 Å². The highest BCUT2D eigenvalue weighted by Crippen LogP contribution is 2.35.